The van der Waals surface area contributed by atoms with Gasteiger partial charge in [0, 0.05) is 5.69 Å². The van der Waals surface area contributed by atoms with Crippen LogP contribution in [0.25, 0.3) is 0 Å². The molecule has 0 aliphatic heterocycles. The molecule has 22 heavy (non-hydrogen) atoms. The molecule has 1 N–H and O–H groups in total. The van der Waals surface area contributed by atoms with Crippen molar-refractivity contribution in [1.82, 2.24) is 0 Å². The number of anilines is 1. The molecule has 0 saturated carbocycles. The molecule has 0 fully saturated rings. The van der Waals surface area contributed by atoms with Gasteiger partial charge in [0.05, 0.1) is 18.0 Å². The Balaban J connectivity index is 2.99. The van der Waals surface area contributed by atoms with E-state index in [1.807, 2.05) is 0 Å². The lowest BCUT2D eigenvalue weighted by Gasteiger charge is -2.17. The summed E-state index contributed by atoms with van der Waals surface area (Å²) in [5.41, 5.74) is 0.810. The van der Waals surface area contributed by atoms with Crippen molar-refractivity contribution in [1.29, 1.82) is 0 Å². The first kappa shape index (κ1) is 18.5. The van der Waals surface area contributed by atoms with E-state index in [-0.39, 0.29) is 5.91 Å². The zero-order chi connectivity index (χ0) is 16.8. The summed E-state index contributed by atoms with van der Waals surface area (Å²) in [5, 5.41) is 2.75. The lowest BCUT2D eigenvalue weighted by molar-refractivity contribution is -0.117. The lowest BCUT2D eigenvalue weighted by Crippen LogP contribution is -2.31. The minimum Gasteiger partial charge on any atom is -0.493 e. The third-order valence-electron chi connectivity index (χ3n) is 2.94. The van der Waals surface area contributed by atoms with Crippen LogP contribution >= 0.6 is 15.9 Å². The van der Waals surface area contributed by atoms with Crippen LogP contribution in [0, 0.1) is 0 Å². The van der Waals surface area contributed by atoms with E-state index in [1.54, 1.807) is 32.0 Å². The fraction of sp³-hybridized carbons (Fsp3) is 0.500. The molecular weight excluding hydrogens is 350 g/mol. The molecule has 0 bridgehead atoms. The lowest BCUT2D eigenvalue weighted by atomic mass is 10.1. The number of methoxy groups -OCH3 is 1. The number of halogens is 1. The van der Waals surface area contributed by atoms with Crippen LogP contribution in [0.5, 0.6) is 5.75 Å². The molecule has 0 spiro atoms. The number of benzene rings is 1. The Morgan fingerprint density at radius 2 is 2.00 bits per heavy atom. The molecule has 0 heterocycles. The van der Waals surface area contributed by atoms with Crippen LogP contribution in [0.4, 0.5) is 5.69 Å². The molecule has 0 unspecified atom stereocenters. The molecule has 0 saturated heterocycles. The Labute approximate surface area is 139 Å². The van der Waals surface area contributed by atoms with Crippen LogP contribution in [0.15, 0.2) is 18.2 Å². The largest absolute Gasteiger partial charge is 0.493 e. The van der Waals surface area contributed by atoms with Gasteiger partial charge in [-0.25, -0.2) is 4.79 Å². The zero-order valence-electron chi connectivity index (χ0n) is 13.4. The van der Waals surface area contributed by atoms with Crippen molar-refractivity contribution >= 4 is 33.5 Å². The fourth-order valence-electron chi connectivity index (χ4n) is 1.61. The molecule has 1 aromatic carbocycles. The van der Waals surface area contributed by atoms with Crippen molar-refractivity contribution in [3.05, 3.63) is 23.8 Å². The highest BCUT2D eigenvalue weighted by molar-refractivity contribution is 9.10. The van der Waals surface area contributed by atoms with Crippen LogP contribution in [0.1, 0.15) is 44.0 Å². The van der Waals surface area contributed by atoms with Crippen LogP contribution in [-0.4, -0.2) is 29.9 Å². The summed E-state index contributed by atoms with van der Waals surface area (Å²) < 4.78 is 9.67. The minimum absolute atomic E-state index is 0.206. The number of unbranched alkanes of at least 4 members (excludes halogenated alkanes) is 1. The molecule has 0 aliphatic rings. The van der Waals surface area contributed by atoms with Crippen molar-refractivity contribution in [2.75, 3.05) is 19.0 Å². The first-order valence-electron chi connectivity index (χ1n) is 7.15. The number of nitrogens with one attached hydrogen (secondary N) is 1. The average molecular weight is 372 g/mol. The molecule has 1 rings (SSSR count). The summed E-state index contributed by atoms with van der Waals surface area (Å²) in [6.07, 6.45) is 1.90. The minimum atomic E-state index is -0.700. The van der Waals surface area contributed by atoms with Crippen LogP contribution in [0.3, 0.4) is 0 Å². The number of rotatable bonds is 7. The van der Waals surface area contributed by atoms with E-state index in [4.69, 9.17) is 9.47 Å². The van der Waals surface area contributed by atoms with Crippen molar-refractivity contribution in [3.63, 3.8) is 0 Å². The highest BCUT2D eigenvalue weighted by Crippen LogP contribution is 2.26. The number of alkyl halides is 1. The van der Waals surface area contributed by atoms with E-state index < -0.39 is 10.3 Å². The first-order valence-corrected chi connectivity index (χ1v) is 7.94. The summed E-state index contributed by atoms with van der Waals surface area (Å²) in [7, 11) is 1.31. The summed E-state index contributed by atoms with van der Waals surface area (Å²) >= 11 is 3.29. The number of hydrogen-bond acceptors (Lipinski definition) is 4. The van der Waals surface area contributed by atoms with E-state index in [0.717, 1.165) is 12.8 Å². The predicted octanol–water partition coefficient (Wildman–Crippen LogP) is 3.76. The van der Waals surface area contributed by atoms with E-state index in [0.29, 0.717) is 23.6 Å². The molecule has 0 aromatic heterocycles. The van der Waals surface area contributed by atoms with Gasteiger partial charge in [-0.3, -0.25) is 4.79 Å². The zero-order valence-corrected chi connectivity index (χ0v) is 15.0. The molecule has 6 heteroatoms. The molecule has 5 nitrogen and oxygen atoms in total. The van der Waals surface area contributed by atoms with Gasteiger partial charge in [0.2, 0.25) is 5.91 Å². The standard InChI is InChI=1S/C16H22BrNO4/c1-5-6-9-22-13-8-7-11(10-12(13)14(19)21-4)18-15(20)16(2,3)17/h7-8,10H,5-6,9H2,1-4H3,(H,18,20). The van der Waals surface area contributed by atoms with Crippen molar-refractivity contribution in [2.24, 2.45) is 0 Å². The first-order chi connectivity index (χ1) is 10.3. The highest BCUT2D eigenvalue weighted by atomic mass is 79.9. The van der Waals surface area contributed by atoms with Gasteiger partial charge in [0.15, 0.2) is 0 Å². The Morgan fingerprint density at radius 1 is 1.32 bits per heavy atom. The molecule has 1 amide bonds. The van der Waals surface area contributed by atoms with Gasteiger partial charge >= 0.3 is 5.97 Å². The van der Waals surface area contributed by atoms with Gasteiger partial charge in [-0.05, 0) is 38.5 Å². The maximum absolute atomic E-state index is 12.0. The number of amides is 1. The number of esters is 1. The van der Waals surface area contributed by atoms with E-state index in [2.05, 4.69) is 28.2 Å². The normalized spacial score (nSPS) is 11.0. The van der Waals surface area contributed by atoms with E-state index in [1.165, 1.54) is 7.11 Å². The number of hydrogen-bond donors (Lipinski definition) is 1. The second kappa shape index (κ2) is 8.17. The van der Waals surface area contributed by atoms with Crippen LogP contribution in [0.2, 0.25) is 0 Å². The smallest absolute Gasteiger partial charge is 0.341 e. The van der Waals surface area contributed by atoms with Gasteiger partial charge in [0.1, 0.15) is 11.3 Å². The maximum atomic E-state index is 12.0. The Morgan fingerprint density at radius 3 is 2.55 bits per heavy atom. The Bertz CT molecular complexity index is 537. The van der Waals surface area contributed by atoms with E-state index >= 15 is 0 Å². The summed E-state index contributed by atoms with van der Waals surface area (Å²) in [5.74, 6) is -0.250. The van der Waals surface area contributed by atoms with Crippen molar-refractivity contribution < 1.29 is 19.1 Å². The number of ether oxygens (including phenoxy) is 2. The van der Waals surface area contributed by atoms with E-state index in [9.17, 15) is 9.59 Å². The SMILES string of the molecule is CCCCOc1ccc(NC(=O)C(C)(C)Br)cc1C(=O)OC. The molecule has 0 aliphatic carbocycles. The molecular formula is C16H22BrNO4. The van der Waals surface area contributed by atoms with Gasteiger partial charge in [0.25, 0.3) is 0 Å². The number of carbonyl (C=O) groups is 2. The quantitative estimate of drug-likeness (QED) is 0.450. The summed E-state index contributed by atoms with van der Waals surface area (Å²) in [6.45, 7) is 6.07. The topological polar surface area (TPSA) is 64.6 Å². The van der Waals surface area contributed by atoms with Gasteiger partial charge in [-0.2, -0.15) is 0 Å². The fourth-order valence-corrected chi connectivity index (χ4v) is 1.71. The molecule has 1 aromatic rings. The summed E-state index contributed by atoms with van der Waals surface area (Å²) in [4.78, 5) is 23.9. The van der Waals surface area contributed by atoms with Gasteiger partial charge in [-0.1, -0.05) is 29.3 Å². The van der Waals surface area contributed by atoms with Crippen LogP contribution < -0.4 is 10.1 Å². The number of carbonyl (C=O) groups excluding carboxylic acids is 2. The Hall–Kier alpha value is -1.56. The molecule has 122 valence electrons. The second-order valence-electron chi connectivity index (χ2n) is 5.33. The van der Waals surface area contributed by atoms with Crippen molar-refractivity contribution in [3.8, 4) is 5.75 Å². The summed E-state index contributed by atoms with van der Waals surface area (Å²) in [6, 6.07) is 4.92. The Kier molecular flexibility index (Phi) is 6.87. The molecule has 0 atom stereocenters. The average Bonchev–Trinajstić information content (AvgIpc) is 2.46. The predicted molar refractivity (Wildman–Crippen MR) is 89.8 cm³/mol. The van der Waals surface area contributed by atoms with Crippen LogP contribution in [-0.2, 0) is 9.53 Å². The van der Waals surface area contributed by atoms with Gasteiger partial charge in [-0.15, -0.1) is 0 Å². The third kappa shape index (κ3) is 5.33. The van der Waals surface area contributed by atoms with Crippen molar-refractivity contribution in [2.45, 2.75) is 37.9 Å². The second-order valence-corrected chi connectivity index (χ2v) is 7.31. The monoisotopic (exact) mass is 371 g/mol. The van der Waals surface area contributed by atoms with Gasteiger partial charge < -0.3 is 14.8 Å². The maximum Gasteiger partial charge on any atom is 0.341 e. The highest BCUT2D eigenvalue weighted by Gasteiger charge is 2.24. The third-order valence-corrected chi connectivity index (χ3v) is 3.30. The molecule has 0 radical (unpaired) electrons.